The number of fused-ring (bicyclic) bond motifs is 1. The number of hydrogen-bond donors (Lipinski definition) is 1. The normalized spacial score (nSPS) is 16.5. The largest absolute Gasteiger partial charge is 0.493 e. The number of halogens is 2. The molecule has 5 rings (SSSR count). The van der Waals surface area contributed by atoms with Crippen LogP contribution in [0.2, 0.25) is 10.0 Å². The van der Waals surface area contributed by atoms with Gasteiger partial charge in [0.05, 0.1) is 22.7 Å². The number of anilines is 1. The topological polar surface area (TPSA) is 110 Å². The van der Waals surface area contributed by atoms with E-state index in [0.717, 1.165) is 13.0 Å². The number of benzene rings is 1. The molecule has 0 saturated carbocycles. The first kappa shape index (κ1) is 25.6. The van der Waals surface area contributed by atoms with Crippen LogP contribution >= 0.6 is 23.2 Å². The van der Waals surface area contributed by atoms with Crippen LogP contribution in [-0.2, 0) is 9.84 Å². The lowest BCUT2D eigenvalue weighted by molar-refractivity contribution is 0.216. The fourth-order valence-corrected chi connectivity index (χ4v) is 5.96. The van der Waals surface area contributed by atoms with Crippen LogP contribution in [0.4, 0.5) is 5.82 Å². The monoisotopic (exact) mass is 561 g/mol. The molecule has 4 heterocycles. The van der Waals surface area contributed by atoms with Gasteiger partial charge in [0.1, 0.15) is 22.5 Å². The zero-order valence-corrected chi connectivity index (χ0v) is 22.9. The molecule has 194 valence electrons. The van der Waals surface area contributed by atoms with Crippen LogP contribution in [0.3, 0.4) is 0 Å². The molecule has 1 aliphatic heterocycles. The number of nitrogens with zero attached hydrogens (tertiary/aromatic N) is 4. The van der Waals surface area contributed by atoms with Crippen molar-refractivity contribution >= 4 is 49.8 Å². The van der Waals surface area contributed by atoms with Crippen LogP contribution in [0.25, 0.3) is 22.2 Å². The van der Waals surface area contributed by atoms with Gasteiger partial charge >= 0.3 is 0 Å². The van der Waals surface area contributed by atoms with E-state index in [2.05, 4.69) is 27.1 Å². The predicted molar refractivity (Wildman–Crippen MR) is 144 cm³/mol. The van der Waals surface area contributed by atoms with Gasteiger partial charge in [0, 0.05) is 60.0 Å². The summed E-state index contributed by atoms with van der Waals surface area (Å²) in [7, 11) is -1.99. The maximum atomic E-state index is 12.7. The zero-order chi connectivity index (χ0) is 26.5. The molecule has 2 atom stereocenters. The van der Waals surface area contributed by atoms with Gasteiger partial charge in [0.25, 0.3) is 0 Å². The Morgan fingerprint density at radius 3 is 2.46 bits per heavy atom. The third-order valence-corrected chi connectivity index (χ3v) is 8.25. The number of aromatic nitrogens is 4. The number of H-pyrrole nitrogens is 1. The van der Waals surface area contributed by atoms with E-state index in [-0.39, 0.29) is 10.9 Å². The van der Waals surface area contributed by atoms with Gasteiger partial charge in [-0.2, -0.15) is 5.10 Å². The summed E-state index contributed by atoms with van der Waals surface area (Å²) in [5.74, 6) is 1.39. The maximum Gasteiger partial charge on any atom is 0.179 e. The molecule has 1 aliphatic rings. The number of aromatic amines is 1. The van der Waals surface area contributed by atoms with E-state index in [1.165, 1.54) is 18.6 Å². The molecule has 1 fully saturated rings. The molecule has 0 unspecified atom stereocenters. The molecule has 0 aliphatic carbocycles. The van der Waals surface area contributed by atoms with Crippen molar-refractivity contribution in [2.75, 3.05) is 24.8 Å². The van der Waals surface area contributed by atoms with E-state index >= 15 is 0 Å². The quantitative estimate of drug-likeness (QED) is 0.316. The van der Waals surface area contributed by atoms with Crippen molar-refractivity contribution < 1.29 is 17.9 Å². The molecule has 37 heavy (non-hydrogen) atoms. The van der Waals surface area contributed by atoms with Gasteiger partial charge in [-0.25, -0.2) is 13.4 Å². The average molecular weight is 562 g/mol. The fraction of sp³-hybridized carbons (Fsp3) is 0.320. The first-order chi connectivity index (χ1) is 17.6. The van der Waals surface area contributed by atoms with E-state index in [9.17, 15) is 8.42 Å². The summed E-state index contributed by atoms with van der Waals surface area (Å²) in [5.41, 5.74) is 2.39. The molecular weight excluding hydrogens is 537 g/mol. The second kappa shape index (κ2) is 9.66. The Balaban J connectivity index is 1.58. The van der Waals surface area contributed by atoms with E-state index in [0.29, 0.717) is 55.1 Å². The molecule has 9 nitrogen and oxygen atoms in total. The second-order valence-electron chi connectivity index (χ2n) is 9.05. The van der Waals surface area contributed by atoms with Gasteiger partial charge in [-0.05, 0) is 32.4 Å². The smallest absolute Gasteiger partial charge is 0.179 e. The van der Waals surface area contributed by atoms with Crippen molar-refractivity contribution in [3.63, 3.8) is 0 Å². The highest BCUT2D eigenvalue weighted by Crippen LogP contribution is 2.41. The summed E-state index contributed by atoms with van der Waals surface area (Å²) in [6, 6.07) is 5.42. The molecule has 0 spiro atoms. The van der Waals surface area contributed by atoms with E-state index in [1.54, 1.807) is 31.5 Å². The van der Waals surface area contributed by atoms with Gasteiger partial charge in [0.2, 0.25) is 0 Å². The summed E-state index contributed by atoms with van der Waals surface area (Å²) < 4.78 is 37.1. The van der Waals surface area contributed by atoms with Crippen molar-refractivity contribution in [3.05, 3.63) is 52.4 Å². The minimum Gasteiger partial charge on any atom is -0.493 e. The minimum atomic E-state index is -3.54. The van der Waals surface area contributed by atoms with Crippen LogP contribution in [0.15, 0.2) is 41.7 Å². The Bertz CT molecular complexity index is 1590. The number of methoxy groups -OCH3 is 1. The number of nitrogens with one attached hydrogen (secondary N) is 1. The molecule has 0 amide bonds. The molecule has 12 heteroatoms. The Labute approximate surface area is 224 Å². The lowest BCUT2D eigenvalue weighted by atomic mass is 10.0. The minimum absolute atomic E-state index is 0.174. The van der Waals surface area contributed by atoms with Gasteiger partial charge in [-0.15, -0.1) is 0 Å². The first-order valence-corrected chi connectivity index (χ1v) is 14.2. The van der Waals surface area contributed by atoms with Crippen molar-refractivity contribution in [1.29, 1.82) is 0 Å². The Hall–Kier alpha value is -3.08. The summed E-state index contributed by atoms with van der Waals surface area (Å²) in [6.07, 6.45) is 6.34. The Morgan fingerprint density at radius 1 is 1.14 bits per heavy atom. The maximum absolute atomic E-state index is 12.7. The number of pyridine rings is 2. The van der Waals surface area contributed by atoms with Crippen LogP contribution in [0, 0.1) is 0 Å². The summed E-state index contributed by atoms with van der Waals surface area (Å²) >= 11 is 12.6. The molecule has 4 aromatic rings. The predicted octanol–water partition coefficient (Wildman–Crippen LogP) is 5.48. The summed E-state index contributed by atoms with van der Waals surface area (Å²) in [6.45, 7) is 4.64. The van der Waals surface area contributed by atoms with Crippen molar-refractivity contribution in [2.24, 2.45) is 0 Å². The van der Waals surface area contributed by atoms with Gasteiger partial charge in [-0.3, -0.25) is 10.1 Å². The molecule has 1 N–H and O–H groups in total. The third kappa shape index (κ3) is 4.69. The van der Waals surface area contributed by atoms with E-state index in [4.69, 9.17) is 32.7 Å². The second-order valence-corrected chi connectivity index (χ2v) is 11.8. The van der Waals surface area contributed by atoms with Gasteiger partial charge in [0.15, 0.2) is 21.3 Å². The van der Waals surface area contributed by atoms with Gasteiger partial charge in [-0.1, -0.05) is 23.2 Å². The molecular formula is C25H25Cl2N5O4S. The van der Waals surface area contributed by atoms with Crippen LogP contribution in [0.1, 0.15) is 31.9 Å². The van der Waals surface area contributed by atoms with Crippen molar-refractivity contribution in [2.45, 2.75) is 37.3 Å². The van der Waals surface area contributed by atoms with Gasteiger partial charge < -0.3 is 14.4 Å². The highest BCUT2D eigenvalue weighted by atomic mass is 35.5. The molecule has 1 saturated heterocycles. The molecule has 0 radical (unpaired) electrons. The molecule has 3 aromatic heterocycles. The summed E-state index contributed by atoms with van der Waals surface area (Å²) in [5, 5.41) is 8.94. The number of sulfone groups is 1. The lowest BCUT2D eigenvalue weighted by Crippen LogP contribution is -2.46. The Morgan fingerprint density at radius 2 is 1.86 bits per heavy atom. The highest BCUT2D eigenvalue weighted by molar-refractivity contribution is 7.90. The van der Waals surface area contributed by atoms with Crippen LogP contribution in [-0.4, -0.2) is 54.5 Å². The highest BCUT2D eigenvalue weighted by Gasteiger charge is 2.30. The number of ether oxygens (including phenoxy) is 2. The zero-order valence-electron chi connectivity index (χ0n) is 20.6. The van der Waals surface area contributed by atoms with Crippen LogP contribution < -0.4 is 14.4 Å². The summed E-state index contributed by atoms with van der Waals surface area (Å²) in [4.78, 5) is 10.7. The van der Waals surface area contributed by atoms with Crippen molar-refractivity contribution in [3.8, 4) is 22.8 Å². The van der Waals surface area contributed by atoms with E-state index in [1.807, 2.05) is 11.8 Å². The van der Waals surface area contributed by atoms with E-state index < -0.39 is 15.9 Å². The number of hydrogen-bond acceptors (Lipinski definition) is 8. The molecule has 0 bridgehead atoms. The lowest BCUT2D eigenvalue weighted by Gasteiger charge is -2.40. The number of rotatable bonds is 7. The average Bonchev–Trinajstić information content (AvgIpc) is 3.24. The fourth-order valence-electron chi connectivity index (χ4n) is 4.44. The third-order valence-electron chi connectivity index (χ3n) is 6.55. The van der Waals surface area contributed by atoms with Crippen LogP contribution in [0.5, 0.6) is 11.5 Å². The standard InChI is InChI=1S/C25H25Cl2N5O4S/c1-13-5-6-32(13)25-22(37(4,33)34)7-15(10-29-25)24-16-8-21(20(35-3)9-19(16)30-31-24)36-14(2)23-17(26)11-28-12-18(23)27/h7-14H,5-6H2,1-4H3,(H,30,31)/t13-,14-/m1/s1. The first-order valence-electron chi connectivity index (χ1n) is 11.6. The Kier molecular flexibility index (Phi) is 6.68. The van der Waals surface area contributed by atoms with Crippen molar-refractivity contribution in [1.82, 2.24) is 20.2 Å². The SMILES string of the molecule is COc1cc2[nH]nc(-c3cnc(N4CC[C@H]4C)c(S(C)(=O)=O)c3)c2cc1O[C@H](C)c1c(Cl)cncc1Cl. The molecule has 1 aromatic carbocycles.